The number of morpholine rings is 1. The Kier molecular flexibility index (Phi) is 4.54. The summed E-state index contributed by atoms with van der Waals surface area (Å²) >= 11 is 3.53. The van der Waals surface area contributed by atoms with Gasteiger partial charge >= 0.3 is 0 Å². The van der Waals surface area contributed by atoms with Gasteiger partial charge in [0.15, 0.2) is 0 Å². The van der Waals surface area contributed by atoms with Crippen LogP contribution in [-0.2, 0) is 11.3 Å². The van der Waals surface area contributed by atoms with E-state index in [1.54, 1.807) is 7.11 Å². The van der Waals surface area contributed by atoms with Gasteiger partial charge in [-0.3, -0.25) is 4.90 Å². The van der Waals surface area contributed by atoms with Crippen molar-refractivity contribution < 1.29 is 9.47 Å². The molecule has 19 heavy (non-hydrogen) atoms. The number of rotatable bonds is 3. The summed E-state index contributed by atoms with van der Waals surface area (Å²) in [6.45, 7) is 9.21. The predicted octanol–water partition coefficient (Wildman–Crippen LogP) is 3.46. The molecular formula is C15H22BrNO2. The van der Waals surface area contributed by atoms with Crippen LogP contribution >= 0.6 is 15.9 Å². The van der Waals surface area contributed by atoms with Crippen molar-refractivity contribution in [3.8, 4) is 5.75 Å². The first-order chi connectivity index (χ1) is 8.89. The summed E-state index contributed by atoms with van der Waals surface area (Å²) in [5, 5.41) is 0. The van der Waals surface area contributed by atoms with Gasteiger partial charge in [0.25, 0.3) is 0 Å². The van der Waals surface area contributed by atoms with Gasteiger partial charge in [0.2, 0.25) is 0 Å². The summed E-state index contributed by atoms with van der Waals surface area (Å²) in [4.78, 5) is 2.43. The van der Waals surface area contributed by atoms with Crippen LogP contribution in [0.5, 0.6) is 5.75 Å². The van der Waals surface area contributed by atoms with E-state index in [9.17, 15) is 0 Å². The van der Waals surface area contributed by atoms with Crippen LogP contribution in [0.3, 0.4) is 0 Å². The van der Waals surface area contributed by atoms with Crippen molar-refractivity contribution in [2.75, 3.05) is 20.2 Å². The van der Waals surface area contributed by atoms with Crippen molar-refractivity contribution >= 4 is 15.9 Å². The van der Waals surface area contributed by atoms with Crippen molar-refractivity contribution in [3.63, 3.8) is 0 Å². The van der Waals surface area contributed by atoms with Gasteiger partial charge in [-0.25, -0.2) is 0 Å². The maximum Gasteiger partial charge on any atom is 0.123 e. The van der Waals surface area contributed by atoms with Crippen LogP contribution in [0.2, 0.25) is 0 Å². The second-order valence-electron chi connectivity index (χ2n) is 5.81. The lowest BCUT2D eigenvalue weighted by atomic mass is 10.0. The summed E-state index contributed by atoms with van der Waals surface area (Å²) < 4.78 is 12.5. The SMILES string of the molecule is COc1ccc(Br)cc1CN1CC(C)OC(C)(C)C1. The fourth-order valence-corrected chi connectivity index (χ4v) is 3.23. The first kappa shape index (κ1) is 14.8. The van der Waals surface area contributed by atoms with Gasteiger partial charge < -0.3 is 9.47 Å². The molecule has 1 saturated heterocycles. The number of halogens is 1. The Morgan fingerprint density at radius 2 is 2.21 bits per heavy atom. The number of ether oxygens (including phenoxy) is 2. The molecule has 2 rings (SSSR count). The normalized spacial score (nSPS) is 23.3. The van der Waals surface area contributed by atoms with Crippen molar-refractivity contribution in [1.29, 1.82) is 0 Å². The molecule has 0 aliphatic carbocycles. The fraction of sp³-hybridized carbons (Fsp3) is 0.600. The summed E-state index contributed by atoms with van der Waals surface area (Å²) in [5.74, 6) is 0.945. The molecule has 0 radical (unpaired) electrons. The van der Waals surface area contributed by atoms with E-state index in [1.165, 1.54) is 5.56 Å². The molecule has 0 N–H and O–H groups in total. The van der Waals surface area contributed by atoms with Crippen LogP contribution in [-0.4, -0.2) is 36.8 Å². The number of nitrogens with zero attached hydrogens (tertiary/aromatic N) is 1. The zero-order valence-corrected chi connectivity index (χ0v) is 13.7. The first-order valence-corrected chi connectivity index (χ1v) is 7.41. The van der Waals surface area contributed by atoms with Gasteiger partial charge in [0.1, 0.15) is 5.75 Å². The minimum Gasteiger partial charge on any atom is -0.496 e. The second kappa shape index (κ2) is 5.81. The molecule has 3 nitrogen and oxygen atoms in total. The van der Waals surface area contributed by atoms with E-state index in [0.29, 0.717) is 0 Å². The molecule has 0 spiro atoms. The molecule has 0 aromatic heterocycles. The number of methoxy groups -OCH3 is 1. The van der Waals surface area contributed by atoms with Crippen molar-refractivity contribution in [2.45, 2.75) is 39.0 Å². The minimum atomic E-state index is -0.0864. The van der Waals surface area contributed by atoms with Crippen molar-refractivity contribution in [1.82, 2.24) is 4.90 Å². The molecule has 1 fully saturated rings. The first-order valence-electron chi connectivity index (χ1n) is 6.62. The van der Waals surface area contributed by atoms with Gasteiger partial charge in [-0.05, 0) is 39.0 Å². The molecule has 4 heteroatoms. The molecule has 1 unspecified atom stereocenters. The predicted molar refractivity (Wildman–Crippen MR) is 80.6 cm³/mol. The Balaban J connectivity index is 2.14. The van der Waals surface area contributed by atoms with Crippen LogP contribution in [0.25, 0.3) is 0 Å². The number of hydrogen-bond acceptors (Lipinski definition) is 3. The topological polar surface area (TPSA) is 21.7 Å². The molecule has 0 bridgehead atoms. The molecule has 1 atom stereocenters. The molecule has 106 valence electrons. The van der Waals surface area contributed by atoms with Crippen molar-refractivity contribution in [2.24, 2.45) is 0 Å². The van der Waals surface area contributed by atoms with E-state index in [4.69, 9.17) is 9.47 Å². The highest BCUT2D eigenvalue weighted by Crippen LogP contribution is 2.27. The van der Waals surface area contributed by atoms with Gasteiger partial charge in [-0.2, -0.15) is 0 Å². The molecule has 0 saturated carbocycles. The molecule has 0 amide bonds. The molecule has 1 aliphatic heterocycles. The van der Waals surface area contributed by atoms with Crippen LogP contribution < -0.4 is 4.74 Å². The Morgan fingerprint density at radius 3 is 2.84 bits per heavy atom. The van der Waals surface area contributed by atoms with Crippen molar-refractivity contribution in [3.05, 3.63) is 28.2 Å². The van der Waals surface area contributed by atoms with Crippen LogP contribution in [0, 0.1) is 0 Å². The van der Waals surface area contributed by atoms with Crippen LogP contribution in [0.15, 0.2) is 22.7 Å². The van der Waals surface area contributed by atoms with E-state index >= 15 is 0 Å². The Labute approximate surface area is 124 Å². The second-order valence-corrected chi connectivity index (χ2v) is 6.73. The summed E-state index contributed by atoms with van der Waals surface area (Å²) in [7, 11) is 1.72. The quantitative estimate of drug-likeness (QED) is 0.848. The molecular weight excluding hydrogens is 306 g/mol. The standard InChI is InChI=1S/C15H22BrNO2/c1-11-8-17(10-15(2,3)19-11)9-12-7-13(16)5-6-14(12)18-4/h5-7,11H,8-10H2,1-4H3. The molecule has 1 heterocycles. The summed E-state index contributed by atoms with van der Waals surface area (Å²) in [5.41, 5.74) is 1.12. The molecule has 1 aliphatic rings. The average Bonchev–Trinajstić information content (AvgIpc) is 2.26. The lowest BCUT2D eigenvalue weighted by Crippen LogP contribution is -2.51. The highest BCUT2D eigenvalue weighted by molar-refractivity contribution is 9.10. The zero-order chi connectivity index (χ0) is 14.0. The fourth-order valence-electron chi connectivity index (χ4n) is 2.82. The maximum absolute atomic E-state index is 5.94. The zero-order valence-electron chi connectivity index (χ0n) is 12.1. The van der Waals surface area contributed by atoms with E-state index in [2.05, 4.69) is 47.7 Å². The van der Waals surface area contributed by atoms with Crippen LogP contribution in [0.1, 0.15) is 26.3 Å². The third-order valence-electron chi connectivity index (χ3n) is 3.28. The average molecular weight is 328 g/mol. The van der Waals surface area contributed by atoms with Gasteiger partial charge in [-0.1, -0.05) is 15.9 Å². The lowest BCUT2D eigenvalue weighted by molar-refractivity contribution is -0.130. The maximum atomic E-state index is 5.94. The van der Waals surface area contributed by atoms with Gasteiger partial charge in [-0.15, -0.1) is 0 Å². The number of hydrogen-bond donors (Lipinski definition) is 0. The monoisotopic (exact) mass is 327 g/mol. The van der Waals surface area contributed by atoms with E-state index < -0.39 is 0 Å². The van der Waals surface area contributed by atoms with E-state index in [0.717, 1.165) is 29.9 Å². The highest BCUT2D eigenvalue weighted by Gasteiger charge is 2.31. The molecule has 1 aromatic rings. The lowest BCUT2D eigenvalue weighted by Gasteiger charge is -2.41. The van der Waals surface area contributed by atoms with E-state index in [1.807, 2.05) is 12.1 Å². The Morgan fingerprint density at radius 1 is 1.47 bits per heavy atom. The Hall–Kier alpha value is -0.580. The summed E-state index contributed by atoms with van der Waals surface area (Å²) in [6, 6.07) is 6.15. The van der Waals surface area contributed by atoms with Crippen LogP contribution in [0.4, 0.5) is 0 Å². The third kappa shape index (κ3) is 3.94. The summed E-state index contributed by atoms with van der Waals surface area (Å²) in [6.07, 6.45) is 0.266. The smallest absolute Gasteiger partial charge is 0.123 e. The number of benzene rings is 1. The largest absolute Gasteiger partial charge is 0.496 e. The minimum absolute atomic E-state index is 0.0864. The molecule has 1 aromatic carbocycles. The van der Waals surface area contributed by atoms with E-state index in [-0.39, 0.29) is 11.7 Å². The van der Waals surface area contributed by atoms with Gasteiger partial charge in [0.05, 0.1) is 18.8 Å². The third-order valence-corrected chi connectivity index (χ3v) is 3.77. The highest BCUT2D eigenvalue weighted by atomic mass is 79.9. The van der Waals surface area contributed by atoms with Gasteiger partial charge in [0, 0.05) is 29.7 Å². The Bertz CT molecular complexity index is 448.